The molecule has 130 valence electrons. The summed E-state index contributed by atoms with van der Waals surface area (Å²) in [6, 6.07) is 7.81. The average molecular weight is 367 g/mol. The largest absolute Gasteiger partial charge is 0.444 e. The number of likely N-dealkylation sites (tertiary alicyclic amines) is 1. The van der Waals surface area contributed by atoms with Crippen LogP contribution in [0, 0.1) is 0 Å². The van der Waals surface area contributed by atoms with Crippen molar-refractivity contribution in [1.29, 1.82) is 0 Å². The van der Waals surface area contributed by atoms with Gasteiger partial charge in [-0.1, -0.05) is 12.1 Å². The molecule has 0 N–H and O–H groups in total. The Balaban J connectivity index is 1.72. The number of ether oxygens (including phenoxy) is 1. The molecule has 0 saturated carbocycles. The molecule has 0 bridgehead atoms. The predicted octanol–water partition coefficient (Wildman–Crippen LogP) is 3.80. The molecule has 1 aromatic carbocycles. The minimum atomic E-state index is -1.20. The lowest BCUT2D eigenvalue weighted by Gasteiger charge is -2.33. The highest BCUT2D eigenvalue weighted by atomic mass is 32.2. The fourth-order valence-corrected chi connectivity index (χ4v) is 5.56. The van der Waals surface area contributed by atoms with Gasteiger partial charge in [-0.05, 0) is 45.7 Å². The topological polar surface area (TPSA) is 59.5 Å². The van der Waals surface area contributed by atoms with Crippen molar-refractivity contribution < 1.29 is 13.7 Å². The van der Waals surface area contributed by atoms with Crippen LogP contribution in [-0.2, 0) is 15.5 Å². The Morgan fingerprint density at radius 1 is 1.38 bits per heavy atom. The summed E-state index contributed by atoms with van der Waals surface area (Å²) in [6.07, 6.45) is 1.34. The fourth-order valence-electron chi connectivity index (χ4n) is 2.68. The van der Waals surface area contributed by atoms with E-state index in [1.165, 1.54) is 11.3 Å². The van der Waals surface area contributed by atoms with Crippen LogP contribution in [0.3, 0.4) is 0 Å². The number of rotatable bonds is 2. The number of piperidine rings is 1. The lowest BCUT2D eigenvalue weighted by molar-refractivity contribution is 0.0219. The van der Waals surface area contributed by atoms with E-state index in [1.54, 1.807) is 4.90 Å². The van der Waals surface area contributed by atoms with E-state index < -0.39 is 16.4 Å². The summed E-state index contributed by atoms with van der Waals surface area (Å²) in [6.45, 7) is 6.67. The Morgan fingerprint density at radius 2 is 2.12 bits per heavy atom. The van der Waals surface area contributed by atoms with E-state index in [2.05, 4.69) is 4.98 Å². The van der Waals surface area contributed by atoms with Crippen molar-refractivity contribution in [3.8, 4) is 0 Å². The Hall–Kier alpha value is -1.47. The number of carbonyl (C=O) groups is 1. The Morgan fingerprint density at radius 3 is 2.83 bits per heavy atom. The second-order valence-electron chi connectivity index (χ2n) is 6.94. The van der Waals surface area contributed by atoms with Crippen LogP contribution in [0.1, 0.15) is 33.6 Å². The molecular formula is C17H22N2O3S2. The molecule has 1 aromatic heterocycles. The number of amides is 1. The van der Waals surface area contributed by atoms with Gasteiger partial charge in [-0.15, -0.1) is 11.3 Å². The normalized spacial score (nSPS) is 20.1. The maximum Gasteiger partial charge on any atom is 0.410 e. The molecule has 1 saturated heterocycles. The van der Waals surface area contributed by atoms with Crippen LogP contribution in [-0.4, -0.2) is 44.1 Å². The SMILES string of the molecule is CC(C)(C)OC(=O)N1CCC[C@H]([S@](=O)c2nc3ccccc3s2)C1. The van der Waals surface area contributed by atoms with Gasteiger partial charge in [-0.2, -0.15) is 0 Å². The second-order valence-corrected chi connectivity index (χ2v) is 9.87. The van der Waals surface area contributed by atoms with Crippen LogP contribution in [0.4, 0.5) is 4.79 Å². The van der Waals surface area contributed by atoms with Crippen LogP contribution in [0.25, 0.3) is 10.2 Å². The van der Waals surface area contributed by atoms with Crippen molar-refractivity contribution in [2.75, 3.05) is 13.1 Å². The number of aromatic nitrogens is 1. The van der Waals surface area contributed by atoms with Crippen LogP contribution < -0.4 is 0 Å². The fraction of sp³-hybridized carbons (Fsp3) is 0.529. The lowest BCUT2D eigenvalue weighted by Crippen LogP contribution is -2.45. The molecule has 3 rings (SSSR count). The van der Waals surface area contributed by atoms with Crippen LogP contribution >= 0.6 is 11.3 Å². The van der Waals surface area contributed by atoms with Gasteiger partial charge in [0.05, 0.1) is 26.3 Å². The van der Waals surface area contributed by atoms with E-state index in [9.17, 15) is 9.00 Å². The quantitative estimate of drug-likeness (QED) is 0.811. The van der Waals surface area contributed by atoms with Gasteiger partial charge >= 0.3 is 6.09 Å². The van der Waals surface area contributed by atoms with Crippen LogP contribution in [0.5, 0.6) is 0 Å². The van der Waals surface area contributed by atoms with Gasteiger partial charge in [0.2, 0.25) is 0 Å². The lowest BCUT2D eigenvalue weighted by atomic mass is 10.1. The van der Waals surface area contributed by atoms with Gasteiger partial charge in [0.25, 0.3) is 0 Å². The summed E-state index contributed by atoms with van der Waals surface area (Å²) in [7, 11) is -1.20. The molecule has 1 aliphatic rings. The molecule has 0 spiro atoms. The molecule has 0 radical (unpaired) electrons. The summed E-state index contributed by atoms with van der Waals surface area (Å²) >= 11 is 1.47. The number of thiazole rings is 1. The first kappa shape index (κ1) is 17.4. The molecular weight excluding hydrogens is 344 g/mol. The summed E-state index contributed by atoms with van der Waals surface area (Å²) in [4.78, 5) is 18.4. The van der Waals surface area contributed by atoms with Gasteiger partial charge in [0, 0.05) is 13.1 Å². The van der Waals surface area contributed by atoms with Crippen molar-refractivity contribution >= 4 is 38.4 Å². The Kier molecular flexibility index (Phi) is 4.92. The highest BCUT2D eigenvalue weighted by molar-refractivity contribution is 7.88. The maximum absolute atomic E-state index is 12.9. The van der Waals surface area contributed by atoms with Crippen molar-refractivity contribution in [3.63, 3.8) is 0 Å². The molecule has 1 amide bonds. The van der Waals surface area contributed by atoms with Gasteiger partial charge in [0.15, 0.2) is 4.34 Å². The molecule has 0 unspecified atom stereocenters. The zero-order valence-electron chi connectivity index (χ0n) is 14.2. The zero-order valence-corrected chi connectivity index (χ0v) is 15.8. The first-order valence-corrected chi connectivity index (χ1v) is 10.1. The van der Waals surface area contributed by atoms with Crippen molar-refractivity contribution in [3.05, 3.63) is 24.3 Å². The number of fused-ring (bicyclic) bond motifs is 1. The summed E-state index contributed by atoms with van der Waals surface area (Å²) in [5.74, 6) is 0. The molecule has 1 aliphatic heterocycles. The molecule has 0 aliphatic carbocycles. The van der Waals surface area contributed by atoms with Gasteiger partial charge in [0.1, 0.15) is 5.60 Å². The smallest absolute Gasteiger partial charge is 0.410 e. The molecule has 1 fully saturated rings. The number of hydrogen-bond donors (Lipinski definition) is 0. The summed E-state index contributed by atoms with van der Waals surface area (Å²) < 4.78 is 20.0. The van der Waals surface area contributed by atoms with E-state index in [-0.39, 0.29) is 11.3 Å². The Labute approximate surface area is 148 Å². The third-order valence-electron chi connectivity index (χ3n) is 3.78. The molecule has 2 aromatic rings. The average Bonchev–Trinajstić information content (AvgIpc) is 2.96. The van der Waals surface area contributed by atoms with E-state index >= 15 is 0 Å². The first-order chi connectivity index (χ1) is 11.3. The number of benzene rings is 1. The van der Waals surface area contributed by atoms with Crippen LogP contribution in [0.15, 0.2) is 28.6 Å². The minimum absolute atomic E-state index is 0.0909. The molecule has 2 heterocycles. The van der Waals surface area contributed by atoms with Crippen LogP contribution in [0.2, 0.25) is 0 Å². The molecule has 24 heavy (non-hydrogen) atoms. The van der Waals surface area contributed by atoms with Crippen molar-refractivity contribution in [2.24, 2.45) is 0 Å². The molecule has 7 heteroatoms. The summed E-state index contributed by atoms with van der Waals surface area (Å²) in [5.41, 5.74) is 0.363. The number of para-hydroxylation sites is 1. The van der Waals surface area contributed by atoms with E-state index in [4.69, 9.17) is 4.74 Å². The Bertz CT molecular complexity index is 734. The van der Waals surface area contributed by atoms with Gasteiger partial charge < -0.3 is 9.64 Å². The zero-order chi connectivity index (χ0) is 17.3. The molecule has 5 nitrogen and oxygen atoms in total. The third kappa shape index (κ3) is 3.95. The highest BCUT2D eigenvalue weighted by Crippen LogP contribution is 2.28. The van der Waals surface area contributed by atoms with E-state index in [0.717, 1.165) is 23.1 Å². The second kappa shape index (κ2) is 6.80. The van der Waals surface area contributed by atoms with Gasteiger partial charge in [-0.3, -0.25) is 4.21 Å². The van der Waals surface area contributed by atoms with E-state index in [0.29, 0.717) is 17.4 Å². The van der Waals surface area contributed by atoms with Crippen molar-refractivity contribution in [2.45, 2.75) is 48.8 Å². The van der Waals surface area contributed by atoms with E-state index in [1.807, 2.05) is 45.0 Å². The number of carbonyl (C=O) groups excluding carboxylic acids is 1. The van der Waals surface area contributed by atoms with Crippen molar-refractivity contribution in [1.82, 2.24) is 9.88 Å². The highest BCUT2D eigenvalue weighted by Gasteiger charge is 2.31. The monoisotopic (exact) mass is 366 g/mol. The first-order valence-electron chi connectivity index (χ1n) is 8.07. The predicted molar refractivity (Wildman–Crippen MR) is 96.9 cm³/mol. The maximum atomic E-state index is 12.9. The third-order valence-corrected chi connectivity index (χ3v) is 6.78. The molecule has 2 atom stereocenters. The standard InChI is InChI=1S/C17H22N2O3S2/c1-17(2,3)22-16(20)19-10-6-7-12(11-19)24(21)15-18-13-8-4-5-9-14(13)23-15/h4-5,8-9,12H,6-7,10-11H2,1-3H3/t12-,24-/m0/s1. The summed E-state index contributed by atoms with van der Waals surface area (Å²) in [5, 5.41) is -0.0909. The minimum Gasteiger partial charge on any atom is -0.444 e. The number of nitrogens with zero attached hydrogens (tertiary/aromatic N) is 2. The number of hydrogen-bond acceptors (Lipinski definition) is 5. The van der Waals surface area contributed by atoms with Gasteiger partial charge in [-0.25, -0.2) is 9.78 Å².